The van der Waals surface area contributed by atoms with Gasteiger partial charge in [0.2, 0.25) is 0 Å². The molecule has 0 saturated heterocycles. The Kier molecular flexibility index (Phi) is 6.77. The third kappa shape index (κ3) is 5.01. The number of hydrogen-bond acceptors (Lipinski definition) is 4. The lowest BCUT2D eigenvalue weighted by atomic mass is 9.98. The second-order valence-electron chi connectivity index (χ2n) is 7.98. The number of fused-ring (bicyclic) bond motifs is 3. The van der Waals surface area contributed by atoms with E-state index in [4.69, 9.17) is 9.84 Å². The molecule has 3 amide bonds. The Labute approximate surface area is 197 Å². The number of benzene rings is 3. The van der Waals surface area contributed by atoms with Gasteiger partial charge in [-0.3, -0.25) is 0 Å². The molecule has 3 N–H and O–H groups in total. The molecule has 0 radical (unpaired) electrons. The van der Waals surface area contributed by atoms with Crippen molar-refractivity contribution in [1.29, 1.82) is 0 Å². The number of hydrazine groups is 1. The minimum absolute atomic E-state index is 0.0650. The summed E-state index contributed by atoms with van der Waals surface area (Å²) in [6.07, 6.45) is -0.200. The van der Waals surface area contributed by atoms with Crippen LogP contribution in [-0.4, -0.2) is 48.4 Å². The number of carboxylic acids is 1. The van der Waals surface area contributed by atoms with Gasteiger partial charge in [0.05, 0.1) is 5.56 Å². The lowest BCUT2D eigenvalue weighted by Gasteiger charge is -2.20. The first-order valence-electron chi connectivity index (χ1n) is 10.9. The SMILES string of the molecule is CN(NC(=O)OCC1c2ccccc2-c2ccccc21)C(=O)NCCc1ccc(C(=O)O)cc1. The van der Waals surface area contributed by atoms with Crippen molar-refractivity contribution in [3.8, 4) is 11.1 Å². The fourth-order valence-electron chi connectivity index (χ4n) is 4.06. The molecular formula is C26H25N3O5. The molecule has 0 saturated carbocycles. The summed E-state index contributed by atoms with van der Waals surface area (Å²) in [5, 5.41) is 12.7. The number of urea groups is 1. The van der Waals surface area contributed by atoms with Crippen molar-refractivity contribution in [3.05, 3.63) is 95.1 Å². The van der Waals surface area contributed by atoms with Crippen molar-refractivity contribution in [3.63, 3.8) is 0 Å². The van der Waals surface area contributed by atoms with Crippen LogP contribution in [0, 0.1) is 0 Å². The monoisotopic (exact) mass is 459 g/mol. The molecule has 0 spiro atoms. The number of amides is 3. The van der Waals surface area contributed by atoms with Crippen LogP contribution in [-0.2, 0) is 11.2 Å². The topological polar surface area (TPSA) is 108 Å². The Morgan fingerprint density at radius 1 is 0.912 bits per heavy atom. The van der Waals surface area contributed by atoms with Crippen molar-refractivity contribution >= 4 is 18.1 Å². The van der Waals surface area contributed by atoms with Crippen LogP contribution in [0.1, 0.15) is 33.0 Å². The first-order chi connectivity index (χ1) is 16.4. The Morgan fingerprint density at radius 2 is 1.50 bits per heavy atom. The summed E-state index contributed by atoms with van der Waals surface area (Å²) in [5.41, 5.74) is 8.01. The maximum Gasteiger partial charge on any atom is 0.426 e. The van der Waals surface area contributed by atoms with Gasteiger partial charge < -0.3 is 15.2 Å². The van der Waals surface area contributed by atoms with E-state index in [1.807, 2.05) is 36.4 Å². The van der Waals surface area contributed by atoms with Gasteiger partial charge in [0.15, 0.2) is 0 Å². The molecule has 1 aliphatic rings. The third-order valence-corrected chi connectivity index (χ3v) is 5.80. The maximum atomic E-state index is 12.3. The van der Waals surface area contributed by atoms with Crippen molar-refractivity contribution in [2.45, 2.75) is 12.3 Å². The van der Waals surface area contributed by atoms with E-state index in [1.165, 1.54) is 19.2 Å². The molecule has 8 heteroatoms. The first-order valence-corrected chi connectivity index (χ1v) is 10.9. The van der Waals surface area contributed by atoms with Gasteiger partial charge in [-0.05, 0) is 46.4 Å². The normalized spacial score (nSPS) is 11.8. The van der Waals surface area contributed by atoms with E-state index in [1.54, 1.807) is 12.1 Å². The van der Waals surface area contributed by atoms with Gasteiger partial charge in [-0.2, -0.15) is 0 Å². The number of carbonyl (C=O) groups is 3. The molecule has 0 unspecified atom stereocenters. The van der Waals surface area contributed by atoms with Gasteiger partial charge in [0.25, 0.3) is 0 Å². The summed E-state index contributed by atoms with van der Waals surface area (Å²) >= 11 is 0. The van der Waals surface area contributed by atoms with E-state index in [2.05, 4.69) is 22.9 Å². The molecule has 0 fully saturated rings. The van der Waals surface area contributed by atoms with Crippen LogP contribution in [0.5, 0.6) is 0 Å². The van der Waals surface area contributed by atoms with Crippen LogP contribution in [0.4, 0.5) is 9.59 Å². The van der Waals surface area contributed by atoms with Crippen molar-refractivity contribution in [2.24, 2.45) is 0 Å². The lowest BCUT2D eigenvalue weighted by molar-refractivity contribution is 0.0696. The molecule has 3 aromatic carbocycles. The van der Waals surface area contributed by atoms with Crippen LogP contribution in [0.2, 0.25) is 0 Å². The number of aromatic carboxylic acids is 1. The Hall–Kier alpha value is -4.33. The fourth-order valence-corrected chi connectivity index (χ4v) is 4.06. The molecule has 0 bridgehead atoms. The number of ether oxygens (including phenoxy) is 1. The molecule has 8 nitrogen and oxygen atoms in total. The van der Waals surface area contributed by atoms with Crippen LogP contribution in [0.3, 0.4) is 0 Å². The summed E-state index contributed by atoms with van der Waals surface area (Å²) in [5.74, 6) is -1.05. The molecule has 1 aliphatic carbocycles. The second kappa shape index (κ2) is 10.1. The van der Waals surface area contributed by atoms with Gasteiger partial charge in [-0.25, -0.2) is 24.8 Å². The number of carbonyl (C=O) groups excluding carboxylic acids is 2. The second-order valence-corrected chi connectivity index (χ2v) is 7.98. The van der Waals surface area contributed by atoms with E-state index in [-0.39, 0.29) is 18.1 Å². The summed E-state index contributed by atoms with van der Waals surface area (Å²) < 4.78 is 5.45. The number of rotatable bonds is 6. The van der Waals surface area contributed by atoms with Gasteiger partial charge in [-0.1, -0.05) is 60.7 Å². The summed E-state index contributed by atoms with van der Waals surface area (Å²) in [6.45, 7) is 0.476. The van der Waals surface area contributed by atoms with Gasteiger partial charge in [-0.15, -0.1) is 0 Å². The summed E-state index contributed by atoms with van der Waals surface area (Å²) in [4.78, 5) is 35.5. The van der Waals surface area contributed by atoms with Crippen LogP contribution in [0.25, 0.3) is 11.1 Å². The zero-order valence-electron chi connectivity index (χ0n) is 18.7. The first kappa shape index (κ1) is 22.8. The van der Waals surface area contributed by atoms with Crippen LogP contribution in [0.15, 0.2) is 72.8 Å². The van der Waals surface area contributed by atoms with Gasteiger partial charge in [0, 0.05) is 19.5 Å². The van der Waals surface area contributed by atoms with E-state index in [0.29, 0.717) is 13.0 Å². The highest BCUT2D eigenvalue weighted by Gasteiger charge is 2.29. The minimum atomic E-state index is -0.985. The molecule has 0 atom stereocenters. The summed E-state index contributed by atoms with van der Waals surface area (Å²) in [6, 6.07) is 22.1. The average Bonchev–Trinajstić information content (AvgIpc) is 3.16. The van der Waals surface area contributed by atoms with Crippen molar-refractivity contribution in [1.82, 2.24) is 15.8 Å². The van der Waals surface area contributed by atoms with Crippen molar-refractivity contribution < 1.29 is 24.2 Å². The lowest BCUT2D eigenvalue weighted by Crippen LogP contribution is -2.48. The Morgan fingerprint density at radius 3 is 2.09 bits per heavy atom. The average molecular weight is 460 g/mol. The molecule has 0 aliphatic heterocycles. The zero-order valence-corrected chi connectivity index (χ0v) is 18.7. The van der Waals surface area contributed by atoms with Crippen molar-refractivity contribution in [2.75, 3.05) is 20.2 Å². The van der Waals surface area contributed by atoms with Crippen LogP contribution < -0.4 is 10.7 Å². The predicted molar refractivity (Wildman–Crippen MR) is 126 cm³/mol. The van der Waals surface area contributed by atoms with E-state index < -0.39 is 18.1 Å². The molecule has 3 aromatic rings. The maximum absolute atomic E-state index is 12.3. The number of carboxylic acid groups (broad SMARTS) is 1. The highest BCUT2D eigenvalue weighted by Crippen LogP contribution is 2.44. The molecule has 0 aromatic heterocycles. The highest BCUT2D eigenvalue weighted by molar-refractivity contribution is 5.87. The molecule has 174 valence electrons. The fraction of sp³-hybridized carbons (Fsp3) is 0.192. The molecule has 34 heavy (non-hydrogen) atoms. The Balaban J connectivity index is 1.25. The highest BCUT2D eigenvalue weighted by atomic mass is 16.6. The summed E-state index contributed by atoms with van der Waals surface area (Å²) in [7, 11) is 1.43. The van der Waals surface area contributed by atoms with Gasteiger partial charge in [0.1, 0.15) is 6.61 Å². The number of nitrogens with zero attached hydrogens (tertiary/aromatic N) is 1. The third-order valence-electron chi connectivity index (χ3n) is 5.80. The van der Waals surface area contributed by atoms with E-state index in [9.17, 15) is 14.4 Å². The predicted octanol–water partition coefficient (Wildman–Crippen LogP) is 4.02. The van der Waals surface area contributed by atoms with E-state index >= 15 is 0 Å². The number of nitrogens with one attached hydrogen (secondary N) is 2. The number of hydrogen-bond donors (Lipinski definition) is 3. The smallest absolute Gasteiger partial charge is 0.426 e. The quantitative estimate of drug-likeness (QED) is 0.483. The van der Waals surface area contributed by atoms with Crippen LogP contribution >= 0.6 is 0 Å². The Bertz CT molecular complexity index is 1160. The zero-order chi connectivity index (χ0) is 24.1. The molecular weight excluding hydrogens is 434 g/mol. The standard InChI is InChI=1S/C26H25N3O5/c1-29(25(32)27-15-14-17-10-12-18(13-11-17)24(30)31)28-26(33)34-16-23-21-8-4-2-6-19(21)20-7-3-5-9-22(20)23/h2-13,23H,14-16H2,1H3,(H,27,32)(H,28,33)(H,30,31). The minimum Gasteiger partial charge on any atom is -0.478 e. The van der Waals surface area contributed by atoms with E-state index in [0.717, 1.165) is 32.8 Å². The van der Waals surface area contributed by atoms with Gasteiger partial charge >= 0.3 is 18.1 Å². The largest absolute Gasteiger partial charge is 0.478 e. The molecule has 4 rings (SSSR count). The molecule has 0 heterocycles.